The molecule has 258 valence electrons. The molecular weight excluding hydrogens is 743 g/mol. The van der Waals surface area contributed by atoms with E-state index in [1.165, 1.54) is 29.2 Å². The number of nitrogens with one attached hydrogen (secondary N) is 1. The van der Waals surface area contributed by atoms with Crippen molar-refractivity contribution in [3.8, 4) is 0 Å². The van der Waals surface area contributed by atoms with Crippen LogP contribution in [0.25, 0.3) is 0 Å². The lowest BCUT2D eigenvalue weighted by Gasteiger charge is -2.34. The second-order valence-electron chi connectivity index (χ2n) is 11.8. The molecule has 13 heteroatoms. The highest BCUT2D eigenvalue weighted by molar-refractivity contribution is 9.10. The van der Waals surface area contributed by atoms with Gasteiger partial charge in [-0.05, 0) is 66.4 Å². The highest BCUT2D eigenvalue weighted by atomic mass is 79.9. The average molecular weight is 777 g/mol. The van der Waals surface area contributed by atoms with Crippen molar-refractivity contribution in [2.75, 3.05) is 10.8 Å². The largest absolute Gasteiger partial charge is 0.416 e. The summed E-state index contributed by atoms with van der Waals surface area (Å²) in [6.07, 6.45) is -1.22. The number of benzene rings is 4. The molecule has 0 spiro atoms. The molecule has 5 rings (SSSR count). The van der Waals surface area contributed by atoms with Gasteiger partial charge in [-0.25, -0.2) is 8.42 Å². The Hall–Kier alpha value is -3.87. The van der Waals surface area contributed by atoms with Gasteiger partial charge in [-0.15, -0.1) is 0 Å². The fourth-order valence-electron chi connectivity index (χ4n) is 5.87. The Bertz CT molecular complexity index is 1880. The molecular formula is C36H34BrClF3N3O4S. The zero-order valence-corrected chi connectivity index (χ0v) is 29.4. The molecule has 0 aromatic heterocycles. The molecule has 1 aliphatic rings. The maximum atomic E-state index is 14.6. The molecule has 7 nitrogen and oxygen atoms in total. The topological polar surface area (TPSA) is 86.8 Å². The molecule has 0 saturated heterocycles. The minimum absolute atomic E-state index is 0.0764. The van der Waals surface area contributed by atoms with Crippen molar-refractivity contribution < 1.29 is 31.2 Å². The van der Waals surface area contributed by atoms with Crippen LogP contribution in [0.2, 0.25) is 5.02 Å². The molecule has 4 aromatic rings. The van der Waals surface area contributed by atoms with Crippen LogP contribution in [0.4, 0.5) is 18.9 Å². The number of carbonyl (C=O) groups excluding carboxylic acids is 2. The monoisotopic (exact) mass is 775 g/mol. The van der Waals surface area contributed by atoms with Gasteiger partial charge < -0.3 is 10.2 Å². The van der Waals surface area contributed by atoms with E-state index in [-0.39, 0.29) is 28.9 Å². The van der Waals surface area contributed by atoms with Crippen LogP contribution in [0, 0.1) is 0 Å². The average Bonchev–Trinajstić information content (AvgIpc) is 3.59. The van der Waals surface area contributed by atoms with Gasteiger partial charge in [-0.3, -0.25) is 13.9 Å². The second kappa shape index (κ2) is 15.8. The van der Waals surface area contributed by atoms with Crippen LogP contribution in [0.3, 0.4) is 0 Å². The number of hydrogen-bond acceptors (Lipinski definition) is 4. The Morgan fingerprint density at radius 1 is 0.878 bits per heavy atom. The molecule has 0 aliphatic heterocycles. The normalized spacial score (nSPS) is 14.3. The standard InChI is InChI=1S/C36H34BrClF3N3O4S/c37-28-13-9-12-26(20-28)23-43(33(21-25-10-3-1-4-11-25)35(46)42-29-14-7-8-15-29)34(45)24-44(49(47,48)30-16-5-2-6-17-30)32-22-27(36(39,40)41)18-19-31(32)38/h1-6,9-13,16-20,22,29,33H,7-8,14-15,21,23-24H2,(H,42,46)/t33-/m1/s1. The summed E-state index contributed by atoms with van der Waals surface area (Å²) in [6, 6.07) is 24.4. The number of amides is 2. The van der Waals surface area contributed by atoms with Crippen LogP contribution in [-0.2, 0) is 38.8 Å². The fourth-order valence-corrected chi connectivity index (χ4v) is 8.03. The first-order valence-corrected chi connectivity index (χ1v) is 18.3. The van der Waals surface area contributed by atoms with Crippen LogP contribution in [0.5, 0.6) is 0 Å². The predicted molar refractivity (Wildman–Crippen MR) is 186 cm³/mol. The molecule has 4 aromatic carbocycles. The molecule has 49 heavy (non-hydrogen) atoms. The third-order valence-corrected chi connectivity index (χ3v) is 11.0. The first-order valence-electron chi connectivity index (χ1n) is 15.7. The summed E-state index contributed by atoms with van der Waals surface area (Å²) >= 11 is 9.84. The van der Waals surface area contributed by atoms with E-state index in [2.05, 4.69) is 21.2 Å². The lowest BCUT2D eigenvalue weighted by Crippen LogP contribution is -2.54. The first kappa shape index (κ1) is 36.4. The maximum Gasteiger partial charge on any atom is 0.416 e. The summed E-state index contributed by atoms with van der Waals surface area (Å²) in [7, 11) is -4.64. The third kappa shape index (κ3) is 9.23. The van der Waals surface area contributed by atoms with Crippen molar-refractivity contribution in [1.82, 2.24) is 10.2 Å². The Morgan fingerprint density at radius 2 is 1.51 bits per heavy atom. The first-order chi connectivity index (χ1) is 23.3. The van der Waals surface area contributed by atoms with Gasteiger partial charge in [0.05, 0.1) is 21.2 Å². The summed E-state index contributed by atoms with van der Waals surface area (Å²) in [6.45, 7) is -1.03. The Morgan fingerprint density at radius 3 is 2.14 bits per heavy atom. The molecule has 0 heterocycles. The van der Waals surface area contributed by atoms with Crippen molar-refractivity contribution in [2.45, 2.75) is 61.8 Å². The van der Waals surface area contributed by atoms with Gasteiger partial charge in [0.1, 0.15) is 12.6 Å². The zero-order valence-electron chi connectivity index (χ0n) is 26.2. The summed E-state index contributed by atoms with van der Waals surface area (Å²) < 4.78 is 71.3. The molecule has 1 fully saturated rings. The van der Waals surface area contributed by atoms with Gasteiger partial charge in [-0.1, -0.05) is 101 Å². The number of anilines is 1. The predicted octanol–water partition coefficient (Wildman–Crippen LogP) is 8.02. The van der Waals surface area contributed by atoms with Crippen molar-refractivity contribution >= 4 is 55.1 Å². The number of hydrogen-bond donors (Lipinski definition) is 1. The summed E-state index contributed by atoms with van der Waals surface area (Å²) in [5, 5.41) is 2.78. The van der Waals surface area contributed by atoms with E-state index >= 15 is 0 Å². The molecule has 2 amide bonds. The number of carbonyl (C=O) groups is 2. The van der Waals surface area contributed by atoms with Crippen LogP contribution in [-0.4, -0.2) is 43.8 Å². The van der Waals surface area contributed by atoms with Crippen LogP contribution < -0.4 is 9.62 Å². The number of alkyl halides is 3. The second-order valence-corrected chi connectivity index (χ2v) is 15.0. The van der Waals surface area contributed by atoms with Crippen molar-refractivity contribution in [2.24, 2.45) is 0 Å². The smallest absolute Gasteiger partial charge is 0.352 e. The van der Waals surface area contributed by atoms with Crippen molar-refractivity contribution in [3.05, 3.63) is 129 Å². The molecule has 1 aliphatic carbocycles. The Labute approximate surface area is 297 Å². The van der Waals surface area contributed by atoms with Crippen LogP contribution in [0.1, 0.15) is 42.4 Å². The third-order valence-electron chi connectivity index (χ3n) is 8.37. The van der Waals surface area contributed by atoms with Gasteiger partial charge >= 0.3 is 6.18 Å². The van der Waals surface area contributed by atoms with E-state index in [1.54, 1.807) is 30.3 Å². The Balaban J connectivity index is 1.62. The molecule has 1 atom stereocenters. The molecule has 0 unspecified atom stereocenters. The summed E-state index contributed by atoms with van der Waals surface area (Å²) in [5.41, 5.74) is -0.262. The maximum absolute atomic E-state index is 14.6. The van der Waals surface area contributed by atoms with Crippen molar-refractivity contribution in [3.63, 3.8) is 0 Å². The number of nitrogens with zero attached hydrogens (tertiary/aromatic N) is 2. The van der Waals surface area contributed by atoms with Crippen LogP contribution in [0.15, 0.2) is 112 Å². The minimum Gasteiger partial charge on any atom is -0.352 e. The summed E-state index contributed by atoms with van der Waals surface area (Å²) in [4.78, 5) is 29.8. The lowest BCUT2D eigenvalue weighted by molar-refractivity contribution is -0.140. The highest BCUT2D eigenvalue weighted by Crippen LogP contribution is 2.37. The molecule has 0 bridgehead atoms. The van der Waals surface area contributed by atoms with Gasteiger partial charge in [0.2, 0.25) is 11.8 Å². The van der Waals surface area contributed by atoms with Gasteiger partial charge in [-0.2, -0.15) is 13.2 Å². The number of rotatable bonds is 12. The van der Waals surface area contributed by atoms with E-state index in [9.17, 15) is 31.2 Å². The summed E-state index contributed by atoms with van der Waals surface area (Å²) in [5.74, 6) is -1.22. The van der Waals surface area contributed by atoms with E-state index in [4.69, 9.17) is 11.6 Å². The number of sulfonamides is 1. The van der Waals surface area contributed by atoms with Crippen LogP contribution >= 0.6 is 27.5 Å². The quantitative estimate of drug-likeness (QED) is 0.158. The van der Waals surface area contributed by atoms with Gasteiger partial charge in [0, 0.05) is 23.5 Å². The lowest BCUT2D eigenvalue weighted by atomic mass is 10.0. The molecule has 1 N–H and O–H groups in total. The molecule has 1 saturated carbocycles. The van der Waals surface area contributed by atoms with Gasteiger partial charge in [0.25, 0.3) is 10.0 Å². The van der Waals surface area contributed by atoms with Crippen molar-refractivity contribution in [1.29, 1.82) is 0 Å². The number of halogens is 5. The SMILES string of the molecule is O=C(NC1CCCC1)[C@@H](Cc1ccccc1)N(Cc1cccc(Br)c1)C(=O)CN(c1cc(C(F)(F)F)ccc1Cl)S(=O)(=O)c1ccccc1. The van der Waals surface area contributed by atoms with Gasteiger partial charge in [0.15, 0.2) is 0 Å². The zero-order chi connectivity index (χ0) is 35.2. The fraction of sp³-hybridized carbons (Fsp3) is 0.278. The minimum atomic E-state index is -4.82. The highest BCUT2D eigenvalue weighted by Gasteiger charge is 2.38. The van der Waals surface area contributed by atoms with E-state index in [0.717, 1.165) is 47.9 Å². The van der Waals surface area contributed by atoms with E-state index in [0.29, 0.717) is 15.9 Å². The Kier molecular flexibility index (Phi) is 11.7. The molecule has 0 radical (unpaired) electrons. The van der Waals surface area contributed by atoms with E-state index in [1.807, 2.05) is 30.3 Å². The van der Waals surface area contributed by atoms with E-state index < -0.39 is 51.9 Å².